The highest BCUT2D eigenvalue weighted by Crippen LogP contribution is 2.29. The normalized spacial score (nSPS) is 14.5. The van der Waals surface area contributed by atoms with Gasteiger partial charge in [0, 0.05) is 19.6 Å². The lowest BCUT2D eigenvalue weighted by Gasteiger charge is -2.26. The highest BCUT2D eigenvalue weighted by atomic mass is 16.5. The number of nitrogens with zero attached hydrogens (tertiary/aromatic N) is 2. The average Bonchev–Trinajstić information content (AvgIpc) is 2.83. The number of morpholine rings is 1. The fourth-order valence-corrected chi connectivity index (χ4v) is 3.11. The van der Waals surface area contributed by atoms with Gasteiger partial charge in [0.25, 0.3) is 0 Å². The lowest BCUT2D eigenvalue weighted by molar-refractivity contribution is -0.139. The van der Waals surface area contributed by atoms with Crippen LogP contribution in [0.1, 0.15) is 11.1 Å². The van der Waals surface area contributed by atoms with Gasteiger partial charge in [0.05, 0.1) is 20.3 Å². The van der Waals surface area contributed by atoms with Crippen LogP contribution in [0, 0.1) is 11.3 Å². The molecule has 2 aromatic rings. The van der Waals surface area contributed by atoms with E-state index in [0.29, 0.717) is 23.7 Å². The van der Waals surface area contributed by atoms with E-state index in [9.17, 15) is 10.1 Å². The van der Waals surface area contributed by atoms with E-state index in [2.05, 4.69) is 4.90 Å². The molecule has 1 saturated heterocycles. The molecule has 0 saturated carbocycles. The van der Waals surface area contributed by atoms with Crippen molar-refractivity contribution in [2.75, 3.05) is 46.6 Å². The quantitative estimate of drug-likeness (QED) is 0.349. The van der Waals surface area contributed by atoms with Crippen molar-refractivity contribution in [3.05, 3.63) is 65.2 Å². The third-order valence-electron chi connectivity index (χ3n) is 4.82. The molecule has 0 spiro atoms. The minimum Gasteiger partial charge on any atom is -0.493 e. The summed E-state index contributed by atoms with van der Waals surface area (Å²) in [4.78, 5) is 14.6. The Kier molecular flexibility index (Phi) is 8.47. The van der Waals surface area contributed by atoms with Crippen LogP contribution < -0.4 is 9.47 Å². The van der Waals surface area contributed by atoms with E-state index in [0.717, 1.165) is 38.4 Å². The van der Waals surface area contributed by atoms with Gasteiger partial charge in [-0.1, -0.05) is 36.4 Å². The highest BCUT2D eigenvalue weighted by molar-refractivity contribution is 5.97. The Balaban J connectivity index is 1.60. The summed E-state index contributed by atoms with van der Waals surface area (Å²) in [5, 5.41) is 9.39. The van der Waals surface area contributed by atoms with Gasteiger partial charge in [-0.25, -0.2) is 4.79 Å². The van der Waals surface area contributed by atoms with Gasteiger partial charge in [-0.15, -0.1) is 0 Å². The van der Waals surface area contributed by atoms with Gasteiger partial charge >= 0.3 is 5.97 Å². The van der Waals surface area contributed by atoms with Crippen LogP contribution in [0.15, 0.2) is 54.1 Å². The Morgan fingerprint density at radius 1 is 1.16 bits per heavy atom. The summed E-state index contributed by atoms with van der Waals surface area (Å²) in [7, 11) is 1.55. The van der Waals surface area contributed by atoms with Crippen LogP contribution in [0.5, 0.6) is 11.5 Å². The Morgan fingerprint density at radius 3 is 2.65 bits per heavy atom. The van der Waals surface area contributed by atoms with Crippen molar-refractivity contribution in [1.29, 1.82) is 5.26 Å². The number of carbonyl (C=O) groups excluding carboxylic acids is 1. The monoisotopic (exact) mass is 422 g/mol. The standard InChI is InChI=1S/C24H26N2O5/c1-28-23-16-20(7-8-22(23)30-14-11-26-9-12-29-13-10-26)15-21(17-25)24(27)31-18-19-5-3-2-4-6-19/h2-8,15-16H,9-14,18H2,1H3/b21-15+. The van der Waals surface area contributed by atoms with Gasteiger partial charge in [-0.2, -0.15) is 5.26 Å². The summed E-state index contributed by atoms with van der Waals surface area (Å²) in [6.45, 7) is 4.75. The van der Waals surface area contributed by atoms with E-state index < -0.39 is 5.97 Å². The molecule has 0 N–H and O–H groups in total. The van der Waals surface area contributed by atoms with E-state index in [4.69, 9.17) is 18.9 Å². The Labute approximate surface area is 182 Å². The number of nitriles is 1. The highest BCUT2D eigenvalue weighted by Gasteiger charge is 2.13. The number of rotatable bonds is 9. The maximum Gasteiger partial charge on any atom is 0.349 e. The number of ether oxygens (including phenoxy) is 4. The fraction of sp³-hybridized carbons (Fsp3) is 0.333. The first-order valence-corrected chi connectivity index (χ1v) is 10.1. The second-order valence-corrected chi connectivity index (χ2v) is 6.94. The molecule has 0 aliphatic carbocycles. The number of benzene rings is 2. The molecule has 0 amide bonds. The molecular formula is C24H26N2O5. The average molecular weight is 422 g/mol. The molecular weight excluding hydrogens is 396 g/mol. The molecule has 2 aromatic carbocycles. The van der Waals surface area contributed by atoms with Gasteiger partial charge in [0.2, 0.25) is 0 Å². The molecule has 31 heavy (non-hydrogen) atoms. The van der Waals surface area contributed by atoms with Crippen molar-refractivity contribution in [3.63, 3.8) is 0 Å². The van der Waals surface area contributed by atoms with Crippen molar-refractivity contribution in [3.8, 4) is 17.6 Å². The van der Waals surface area contributed by atoms with E-state index in [1.54, 1.807) is 25.3 Å². The first kappa shape index (κ1) is 22.3. The molecule has 0 atom stereocenters. The minimum atomic E-state index is -0.670. The molecule has 3 rings (SSSR count). The van der Waals surface area contributed by atoms with E-state index in [1.165, 1.54) is 6.08 Å². The first-order chi connectivity index (χ1) is 15.2. The van der Waals surface area contributed by atoms with Crippen LogP contribution in [-0.2, 0) is 20.9 Å². The molecule has 1 fully saturated rings. The first-order valence-electron chi connectivity index (χ1n) is 10.1. The molecule has 0 unspecified atom stereocenters. The van der Waals surface area contributed by atoms with E-state index in [1.807, 2.05) is 36.4 Å². The fourth-order valence-electron chi connectivity index (χ4n) is 3.11. The Bertz CT molecular complexity index is 931. The zero-order valence-electron chi connectivity index (χ0n) is 17.6. The Morgan fingerprint density at radius 2 is 1.94 bits per heavy atom. The second-order valence-electron chi connectivity index (χ2n) is 6.94. The number of hydrogen-bond donors (Lipinski definition) is 0. The smallest absolute Gasteiger partial charge is 0.349 e. The second kappa shape index (κ2) is 11.7. The molecule has 7 nitrogen and oxygen atoms in total. The van der Waals surface area contributed by atoms with E-state index in [-0.39, 0.29) is 12.2 Å². The lowest BCUT2D eigenvalue weighted by Crippen LogP contribution is -2.38. The van der Waals surface area contributed by atoms with E-state index >= 15 is 0 Å². The number of carbonyl (C=O) groups is 1. The maximum atomic E-state index is 12.3. The molecule has 0 aromatic heterocycles. The van der Waals surface area contributed by atoms with Gasteiger partial charge < -0.3 is 18.9 Å². The zero-order chi connectivity index (χ0) is 21.9. The van der Waals surface area contributed by atoms with Gasteiger partial charge in [-0.05, 0) is 29.3 Å². The van der Waals surface area contributed by atoms with Gasteiger partial charge in [0.1, 0.15) is 24.9 Å². The third kappa shape index (κ3) is 6.85. The topological polar surface area (TPSA) is 81.0 Å². The molecule has 1 aliphatic rings. The molecule has 7 heteroatoms. The van der Waals surface area contributed by atoms with Crippen molar-refractivity contribution in [2.24, 2.45) is 0 Å². The summed E-state index contributed by atoms with van der Waals surface area (Å²) in [5.41, 5.74) is 1.41. The third-order valence-corrected chi connectivity index (χ3v) is 4.82. The van der Waals surface area contributed by atoms with Crippen LogP contribution in [0.25, 0.3) is 6.08 Å². The van der Waals surface area contributed by atoms with Crippen LogP contribution in [0.3, 0.4) is 0 Å². The predicted octanol–water partition coefficient (Wildman–Crippen LogP) is 3.06. The SMILES string of the molecule is COc1cc(/C=C(\C#N)C(=O)OCc2ccccc2)ccc1OCCN1CCOCC1. The van der Waals surface area contributed by atoms with Gasteiger partial charge in [0.15, 0.2) is 11.5 Å². The lowest BCUT2D eigenvalue weighted by atomic mass is 10.1. The summed E-state index contributed by atoms with van der Waals surface area (Å²) in [5.74, 6) is 0.472. The van der Waals surface area contributed by atoms with Crippen LogP contribution in [0.2, 0.25) is 0 Å². The largest absolute Gasteiger partial charge is 0.493 e. The molecule has 0 radical (unpaired) electrons. The molecule has 0 bridgehead atoms. The minimum absolute atomic E-state index is 0.0843. The number of methoxy groups -OCH3 is 1. The van der Waals surface area contributed by atoms with Crippen LogP contribution in [-0.4, -0.2) is 57.4 Å². The zero-order valence-corrected chi connectivity index (χ0v) is 17.6. The van der Waals surface area contributed by atoms with Crippen LogP contribution in [0.4, 0.5) is 0 Å². The molecule has 1 heterocycles. The summed E-state index contributed by atoms with van der Waals surface area (Å²) in [6.07, 6.45) is 1.48. The van der Waals surface area contributed by atoms with Crippen molar-refractivity contribution in [1.82, 2.24) is 4.90 Å². The number of hydrogen-bond acceptors (Lipinski definition) is 7. The van der Waals surface area contributed by atoms with Crippen LogP contribution >= 0.6 is 0 Å². The maximum absolute atomic E-state index is 12.3. The predicted molar refractivity (Wildman–Crippen MR) is 116 cm³/mol. The van der Waals surface area contributed by atoms with Crippen molar-refractivity contribution < 1.29 is 23.7 Å². The summed E-state index contributed by atoms with van der Waals surface area (Å²) in [6, 6.07) is 16.5. The summed E-state index contributed by atoms with van der Waals surface area (Å²) < 4.78 is 21.9. The Hall–Kier alpha value is -3.34. The molecule has 162 valence electrons. The number of esters is 1. The summed E-state index contributed by atoms with van der Waals surface area (Å²) >= 11 is 0. The van der Waals surface area contributed by atoms with Crippen molar-refractivity contribution >= 4 is 12.0 Å². The van der Waals surface area contributed by atoms with Gasteiger partial charge in [-0.3, -0.25) is 4.90 Å². The van der Waals surface area contributed by atoms with Crippen molar-refractivity contribution in [2.45, 2.75) is 6.61 Å². The molecule has 1 aliphatic heterocycles.